The van der Waals surface area contributed by atoms with Crippen molar-refractivity contribution in [2.45, 2.75) is 32.6 Å². The third kappa shape index (κ3) is 4.08. The van der Waals surface area contributed by atoms with E-state index in [1.54, 1.807) is 4.90 Å². The van der Waals surface area contributed by atoms with Gasteiger partial charge in [0.15, 0.2) is 0 Å². The number of carboxylic acids is 1. The highest BCUT2D eigenvalue weighted by molar-refractivity contribution is 5.76. The lowest BCUT2D eigenvalue weighted by Crippen LogP contribution is -2.50. The van der Waals surface area contributed by atoms with E-state index < -0.39 is 11.9 Å². The second-order valence-corrected chi connectivity index (χ2v) is 7.60. The fourth-order valence-electron chi connectivity index (χ4n) is 3.69. The van der Waals surface area contributed by atoms with Gasteiger partial charge < -0.3 is 15.3 Å². The average Bonchev–Trinajstić information content (AvgIpc) is 3.33. The van der Waals surface area contributed by atoms with E-state index in [1.165, 1.54) is 5.56 Å². The van der Waals surface area contributed by atoms with Crippen molar-refractivity contribution in [1.29, 1.82) is 0 Å². The molecule has 1 aromatic rings. The Kier molecular flexibility index (Phi) is 4.78. The van der Waals surface area contributed by atoms with E-state index in [4.69, 9.17) is 0 Å². The number of amides is 2. The van der Waals surface area contributed by atoms with E-state index in [0.29, 0.717) is 26.1 Å². The van der Waals surface area contributed by atoms with E-state index in [0.717, 1.165) is 19.3 Å². The predicted molar refractivity (Wildman–Crippen MR) is 91.7 cm³/mol. The molecule has 2 atom stereocenters. The number of nitrogens with one attached hydrogen (secondary N) is 1. The summed E-state index contributed by atoms with van der Waals surface area (Å²) in [5.74, 6) is -1.02. The Morgan fingerprint density at radius 3 is 2.58 bits per heavy atom. The maximum Gasteiger partial charge on any atom is 0.317 e. The number of carbonyl (C=O) groups excluding carboxylic acids is 1. The van der Waals surface area contributed by atoms with E-state index in [2.05, 4.69) is 17.4 Å². The van der Waals surface area contributed by atoms with E-state index in [-0.39, 0.29) is 17.4 Å². The van der Waals surface area contributed by atoms with E-state index in [9.17, 15) is 14.7 Å². The first-order valence-corrected chi connectivity index (χ1v) is 8.77. The number of hydrogen-bond donors (Lipinski definition) is 2. The largest absolute Gasteiger partial charge is 0.481 e. The summed E-state index contributed by atoms with van der Waals surface area (Å²) in [5, 5.41) is 12.3. The van der Waals surface area contributed by atoms with Crippen LogP contribution >= 0.6 is 0 Å². The first-order chi connectivity index (χ1) is 11.5. The number of urea groups is 1. The van der Waals surface area contributed by atoms with Crippen LogP contribution in [0, 0.1) is 17.3 Å². The summed E-state index contributed by atoms with van der Waals surface area (Å²) < 4.78 is 0. The first kappa shape index (κ1) is 16.8. The van der Waals surface area contributed by atoms with Gasteiger partial charge in [-0.15, -0.1) is 0 Å². The minimum absolute atomic E-state index is 0.118. The van der Waals surface area contributed by atoms with Crippen molar-refractivity contribution >= 4 is 12.0 Å². The van der Waals surface area contributed by atoms with E-state index >= 15 is 0 Å². The number of hydrogen-bond acceptors (Lipinski definition) is 2. The minimum atomic E-state index is -0.804. The molecule has 3 rings (SSSR count). The van der Waals surface area contributed by atoms with Gasteiger partial charge in [-0.1, -0.05) is 37.3 Å². The smallest absolute Gasteiger partial charge is 0.317 e. The zero-order valence-electron chi connectivity index (χ0n) is 14.2. The maximum absolute atomic E-state index is 12.5. The van der Waals surface area contributed by atoms with Gasteiger partial charge in [0.05, 0.1) is 5.92 Å². The van der Waals surface area contributed by atoms with Crippen molar-refractivity contribution in [2.24, 2.45) is 17.3 Å². The number of aliphatic carboxylic acids is 1. The van der Waals surface area contributed by atoms with Crippen LogP contribution in [-0.2, 0) is 11.2 Å². The fourth-order valence-corrected chi connectivity index (χ4v) is 3.69. The van der Waals surface area contributed by atoms with Crippen molar-refractivity contribution in [3.05, 3.63) is 35.9 Å². The molecule has 24 heavy (non-hydrogen) atoms. The zero-order valence-corrected chi connectivity index (χ0v) is 14.2. The van der Waals surface area contributed by atoms with Crippen LogP contribution in [0.5, 0.6) is 0 Å². The lowest BCUT2D eigenvalue weighted by atomic mass is 9.91. The summed E-state index contributed by atoms with van der Waals surface area (Å²) in [6, 6.07) is 10.3. The maximum atomic E-state index is 12.5. The second-order valence-electron chi connectivity index (χ2n) is 7.60. The van der Waals surface area contributed by atoms with Crippen molar-refractivity contribution in [2.75, 3.05) is 19.6 Å². The standard InChI is InChI=1S/C19H26N2O3/c1-14-9-16(17(22)23)12-21(11-14)18(24)20-13-19(7-8-19)10-15-5-3-2-4-6-15/h2-6,14,16H,7-13H2,1H3,(H,20,24)(H,22,23). The van der Waals surface area contributed by atoms with Gasteiger partial charge in [0.2, 0.25) is 0 Å². The lowest BCUT2D eigenvalue weighted by molar-refractivity contribution is -0.143. The molecule has 1 aliphatic heterocycles. The van der Waals surface area contributed by atoms with Gasteiger partial charge in [0, 0.05) is 19.6 Å². The normalized spacial score (nSPS) is 25.1. The van der Waals surface area contributed by atoms with Gasteiger partial charge in [-0.25, -0.2) is 4.79 Å². The predicted octanol–water partition coefficient (Wildman–Crippen LogP) is 2.76. The molecule has 0 radical (unpaired) electrons. The Morgan fingerprint density at radius 2 is 1.96 bits per heavy atom. The highest BCUT2D eigenvalue weighted by atomic mass is 16.4. The summed E-state index contributed by atoms with van der Waals surface area (Å²) in [5.41, 5.74) is 1.49. The average molecular weight is 330 g/mol. The number of rotatable bonds is 5. The Morgan fingerprint density at radius 1 is 1.25 bits per heavy atom. The number of carboxylic acid groups (broad SMARTS) is 1. The molecule has 2 unspecified atom stereocenters. The van der Waals surface area contributed by atoms with Crippen LogP contribution in [0.2, 0.25) is 0 Å². The molecular weight excluding hydrogens is 304 g/mol. The number of nitrogens with zero attached hydrogens (tertiary/aromatic N) is 1. The van der Waals surface area contributed by atoms with Crippen molar-refractivity contribution < 1.29 is 14.7 Å². The number of carbonyl (C=O) groups is 2. The monoisotopic (exact) mass is 330 g/mol. The zero-order chi connectivity index (χ0) is 17.2. The first-order valence-electron chi connectivity index (χ1n) is 8.77. The molecule has 0 aromatic heterocycles. The molecule has 1 aliphatic carbocycles. The van der Waals surface area contributed by atoms with Gasteiger partial charge in [0.25, 0.3) is 0 Å². The van der Waals surface area contributed by atoms with E-state index in [1.807, 2.05) is 25.1 Å². The third-order valence-corrected chi connectivity index (χ3v) is 5.29. The van der Waals surface area contributed by atoms with Crippen molar-refractivity contribution in [3.8, 4) is 0 Å². The van der Waals surface area contributed by atoms with Crippen LogP contribution in [-0.4, -0.2) is 41.6 Å². The van der Waals surface area contributed by atoms with Crippen molar-refractivity contribution in [1.82, 2.24) is 10.2 Å². The van der Waals surface area contributed by atoms with Crippen LogP contribution in [0.15, 0.2) is 30.3 Å². The number of piperidine rings is 1. The fraction of sp³-hybridized carbons (Fsp3) is 0.579. The summed E-state index contributed by atoms with van der Waals surface area (Å²) in [4.78, 5) is 25.4. The quantitative estimate of drug-likeness (QED) is 0.872. The lowest BCUT2D eigenvalue weighted by Gasteiger charge is -2.35. The van der Waals surface area contributed by atoms with Crippen LogP contribution in [0.25, 0.3) is 0 Å². The molecule has 5 heteroatoms. The number of benzene rings is 1. The molecule has 2 amide bonds. The molecule has 1 aromatic carbocycles. The van der Waals surface area contributed by atoms with Gasteiger partial charge in [0.1, 0.15) is 0 Å². The Balaban J connectivity index is 1.52. The molecule has 2 aliphatic rings. The topological polar surface area (TPSA) is 69.6 Å². The van der Waals surface area contributed by atoms with Crippen LogP contribution < -0.4 is 5.32 Å². The molecule has 1 heterocycles. The molecule has 0 spiro atoms. The highest BCUT2D eigenvalue weighted by Crippen LogP contribution is 2.47. The molecule has 0 bridgehead atoms. The Hall–Kier alpha value is -2.04. The van der Waals surface area contributed by atoms with Crippen molar-refractivity contribution in [3.63, 3.8) is 0 Å². The molecule has 1 saturated heterocycles. The summed E-state index contributed by atoms with van der Waals surface area (Å²) in [6.45, 7) is 3.63. The van der Waals surface area contributed by atoms with Crippen LogP contribution in [0.1, 0.15) is 31.7 Å². The molecule has 130 valence electrons. The second kappa shape index (κ2) is 6.83. The summed E-state index contributed by atoms with van der Waals surface area (Å²) in [6.07, 6.45) is 3.91. The van der Waals surface area contributed by atoms with Gasteiger partial charge in [-0.2, -0.15) is 0 Å². The van der Waals surface area contributed by atoms with Crippen LogP contribution in [0.4, 0.5) is 4.79 Å². The molecule has 2 fully saturated rings. The van der Waals surface area contributed by atoms with Crippen LogP contribution in [0.3, 0.4) is 0 Å². The van der Waals surface area contributed by atoms with Gasteiger partial charge in [-0.3, -0.25) is 4.79 Å². The SMILES string of the molecule is CC1CC(C(=O)O)CN(C(=O)NCC2(Cc3ccccc3)CC2)C1. The molecule has 2 N–H and O–H groups in total. The molecule has 1 saturated carbocycles. The molecular formula is C19H26N2O3. The van der Waals surface area contributed by atoms with Gasteiger partial charge in [-0.05, 0) is 42.6 Å². The Labute approximate surface area is 143 Å². The summed E-state index contributed by atoms with van der Waals surface area (Å²) >= 11 is 0. The highest BCUT2D eigenvalue weighted by Gasteiger charge is 2.43. The minimum Gasteiger partial charge on any atom is -0.481 e. The van der Waals surface area contributed by atoms with Gasteiger partial charge >= 0.3 is 12.0 Å². The number of likely N-dealkylation sites (tertiary alicyclic amines) is 1. The Bertz CT molecular complexity index is 598. The summed E-state index contributed by atoms with van der Waals surface area (Å²) in [7, 11) is 0. The molecule has 5 nitrogen and oxygen atoms in total. The third-order valence-electron chi connectivity index (χ3n) is 5.29.